The van der Waals surface area contributed by atoms with Gasteiger partial charge in [0, 0.05) is 11.4 Å². The maximum atomic E-state index is 12.4. The van der Waals surface area contributed by atoms with Gasteiger partial charge in [0.2, 0.25) is 5.91 Å². The average Bonchev–Trinajstić information content (AvgIpc) is 2.79. The molecule has 18 heavy (non-hydrogen) atoms. The molecule has 1 aromatic rings. The largest absolute Gasteiger partial charge is 0.351 e. The summed E-state index contributed by atoms with van der Waals surface area (Å²) in [6.07, 6.45) is 6.62. The van der Waals surface area contributed by atoms with E-state index in [0.29, 0.717) is 13.1 Å². The van der Waals surface area contributed by atoms with Crippen molar-refractivity contribution in [1.29, 1.82) is 0 Å². The molecule has 1 amide bonds. The molecule has 0 atom stereocenters. The fourth-order valence-electron chi connectivity index (χ4n) is 2.70. The molecule has 1 heterocycles. The molecule has 2 rings (SSSR count). The molecule has 4 heteroatoms. The van der Waals surface area contributed by atoms with E-state index in [4.69, 9.17) is 5.73 Å². The first-order valence-corrected chi connectivity index (χ1v) is 7.65. The van der Waals surface area contributed by atoms with Crippen LogP contribution in [0.25, 0.3) is 0 Å². The minimum absolute atomic E-state index is 0.153. The summed E-state index contributed by atoms with van der Waals surface area (Å²) in [5.41, 5.74) is 5.59. The third-order valence-electron chi connectivity index (χ3n) is 3.94. The molecule has 0 aliphatic heterocycles. The topological polar surface area (TPSA) is 55.1 Å². The lowest BCUT2D eigenvalue weighted by Crippen LogP contribution is -2.45. The number of carbonyl (C=O) groups is 1. The first kappa shape index (κ1) is 13.6. The van der Waals surface area contributed by atoms with E-state index in [1.807, 2.05) is 17.5 Å². The molecule has 0 aromatic carbocycles. The molecular formula is C14H22N2OS. The van der Waals surface area contributed by atoms with E-state index in [1.165, 1.54) is 17.7 Å². The van der Waals surface area contributed by atoms with E-state index in [0.717, 1.165) is 25.7 Å². The maximum absolute atomic E-state index is 12.4. The first-order chi connectivity index (χ1) is 8.77. The van der Waals surface area contributed by atoms with Crippen LogP contribution >= 0.6 is 11.3 Å². The number of nitrogens with two attached hydrogens (primary N) is 1. The summed E-state index contributed by atoms with van der Waals surface area (Å²) in [7, 11) is 0. The number of amides is 1. The molecule has 3 N–H and O–H groups in total. The molecule has 1 aliphatic carbocycles. The normalized spacial score (nSPS) is 19.2. The minimum atomic E-state index is -0.312. The van der Waals surface area contributed by atoms with Crippen molar-refractivity contribution in [2.24, 2.45) is 11.1 Å². The van der Waals surface area contributed by atoms with E-state index in [2.05, 4.69) is 5.32 Å². The zero-order valence-corrected chi connectivity index (χ0v) is 11.6. The van der Waals surface area contributed by atoms with Gasteiger partial charge in [0.15, 0.2) is 0 Å². The van der Waals surface area contributed by atoms with Crippen molar-refractivity contribution in [3.8, 4) is 0 Å². The monoisotopic (exact) mass is 266 g/mol. The summed E-state index contributed by atoms with van der Waals surface area (Å²) in [4.78, 5) is 13.6. The Kier molecular flexibility index (Phi) is 4.78. The van der Waals surface area contributed by atoms with Gasteiger partial charge in [-0.2, -0.15) is 0 Å². The van der Waals surface area contributed by atoms with Crippen molar-refractivity contribution < 1.29 is 4.79 Å². The standard InChI is InChI=1S/C14H22N2OS/c15-11-14(7-3-1-2-4-8-14)13(17)16-10-12-6-5-9-18-12/h5-6,9H,1-4,7-8,10-11,15H2,(H,16,17). The van der Waals surface area contributed by atoms with Crippen molar-refractivity contribution in [3.63, 3.8) is 0 Å². The number of hydrogen-bond donors (Lipinski definition) is 2. The maximum Gasteiger partial charge on any atom is 0.227 e. The van der Waals surface area contributed by atoms with Gasteiger partial charge >= 0.3 is 0 Å². The molecule has 1 saturated carbocycles. The van der Waals surface area contributed by atoms with Gasteiger partial charge in [-0.05, 0) is 24.3 Å². The van der Waals surface area contributed by atoms with E-state index >= 15 is 0 Å². The molecule has 100 valence electrons. The number of nitrogens with one attached hydrogen (secondary N) is 1. The lowest BCUT2D eigenvalue weighted by molar-refractivity contribution is -0.131. The third kappa shape index (κ3) is 3.12. The third-order valence-corrected chi connectivity index (χ3v) is 4.81. The number of hydrogen-bond acceptors (Lipinski definition) is 3. The van der Waals surface area contributed by atoms with Crippen LogP contribution in [0.15, 0.2) is 17.5 Å². The zero-order chi connectivity index (χ0) is 12.8. The Labute approximate surface area is 113 Å². The fraction of sp³-hybridized carbons (Fsp3) is 0.643. The van der Waals surface area contributed by atoms with E-state index in [1.54, 1.807) is 11.3 Å². The SMILES string of the molecule is NCC1(C(=O)NCc2cccs2)CCCCCC1. The molecule has 0 bridgehead atoms. The van der Waals surface area contributed by atoms with Gasteiger partial charge in [-0.25, -0.2) is 0 Å². The Morgan fingerprint density at radius 3 is 2.61 bits per heavy atom. The van der Waals surface area contributed by atoms with Crippen molar-refractivity contribution in [2.75, 3.05) is 6.54 Å². The highest BCUT2D eigenvalue weighted by molar-refractivity contribution is 7.09. The zero-order valence-electron chi connectivity index (χ0n) is 10.8. The highest BCUT2D eigenvalue weighted by Gasteiger charge is 2.36. The first-order valence-electron chi connectivity index (χ1n) is 6.78. The molecule has 0 unspecified atom stereocenters. The average molecular weight is 266 g/mol. The van der Waals surface area contributed by atoms with Crippen LogP contribution in [0.2, 0.25) is 0 Å². The van der Waals surface area contributed by atoms with Crippen LogP contribution < -0.4 is 11.1 Å². The van der Waals surface area contributed by atoms with Gasteiger partial charge in [-0.1, -0.05) is 31.7 Å². The van der Waals surface area contributed by atoms with Gasteiger partial charge in [-0.3, -0.25) is 4.79 Å². The molecular weight excluding hydrogens is 244 g/mol. The fourth-order valence-corrected chi connectivity index (χ4v) is 3.34. The lowest BCUT2D eigenvalue weighted by atomic mass is 9.79. The van der Waals surface area contributed by atoms with Crippen LogP contribution in [0, 0.1) is 5.41 Å². The molecule has 1 aliphatic rings. The predicted octanol–water partition coefficient (Wildman–Crippen LogP) is 2.66. The van der Waals surface area contributed by atoms with E-state index < -0.39 is 0 Å². The molecule has 1 fully saturated rings. The van der Waals surface area contributed by atoms with Crippen molar-refractivity contribution in [1.82, 2.24) is 5.32 Å². The van der Waals surface area contributed by atoms with Crippen LogP contribution in [0.3, 0.4) is 0 Å². The van der Waals surface area contributed by atoms with Gasteiger partial charge < -0.3 is 11.1 Å². The van der Waals surface area contributed by atoms with Gasteiger partial charge in [0.1, 0.15) is 0 Å². The summed E-state index contributed by atoms with van der Waals surface area (Å²) in [5.74, 6) is 0.153. The smallest absolute Gasteiger partial charge is 0.227 e. The van der Waals surface area contributed by atoms with Crippen LogP contribution in [0.1, 0.15) is 43.4 Å². The Bertz CT molecular complexity index is 367. The van der Waals surface area contributed by atoms with Crippen molar-refractivity contribution in [3.05, 3.63) is 22.4 Å². The summed E-state index contributed by atoms with van der Waals surface area (Å²) < 4.78 is 0. The summed E-state index contributed by atoms with van der Waals surface area (Å²) >= 11 is 1.68. The Morgan fingerprint density at radius 2 is 2.06 bits per heavy atom. The highest BCUT2D eigenvalue weighted by Crippen LogP contribution is 2.34. The molecule has 0 spiro atoms. The summed E-state index contributed by atoms with van der Waals surface area (Å²) in [6, 6.07) is 4.06. The Morgan fingerprint density at radius 1 is 1.33 bits per heavy atom. The van der Waals surface area contributed by atoms with Crippen LogP contribution in [0.5, 0.6) is 0 Å². The molecule has 0 radical (unpaired) electrons. The van der Waals surface area contributed by atoms with Gasteiger partial charge in [-0.15, -0.1) is 11.3 Å². The van der Waals surface area contributed by atoms with Crippen molar-refractivity contribution >= 4 is 17.2 Å². The molecule has 3 nitrogen and oxygen atoms in total. The summed E-state index contributed by atoms with van der Waals surface area (Å²) in [6.45, 7) is 1.11. The quantitative estimate of drug-likeness (QED) is 0.823. The van der Waals surface area contributed by atoms with Crippen LogP contribution in [-0.2, 0) is 11.3 Å². The number of rotatable bonds is 4. The second-order valence-corrected chi connectivity index (χ2v) is 6.19. The van der Waals surface area contributed by atoms with E-state index in [-0.39, 0.29) is 11.3 Å². The lowest BCUT2D eigenvalue weighted by Gasteiger charge is -2.29. The molecule has 1 aromatic heterocycles. The summed E-state index contributed by atoms with van der Waals surface area (Å²) in [5, 5.41) is 5.10. The van der Waals surface area contributed by atoms with Gasteiger partial charge in [0.25, 0.3) is 0 Å². The van der Waals surface area contributed by atoms with Crippen LogP contribution in [-0.4, -0.2) is 12.5 Å². The van der Waals surface area contributed by atoms with Gasteiger partial charge in [0.05, 0.1) is 12.0 Å². The highest BCUT2D eigenvalue weighted by atomic mass is 32.1. The van der Waals surface area contributed by atoms with E-state index in [9.17, 15) is 4.79 Å². The predicted molar refractivity (Wildman–Crippen MR) is 75.4 cm³/mol. The second-order valence-electron chi connectivity index (χ2n) is 5.16. The van der Waals surface area contributed by atoms with Crippen molar-refractivity contribution in [2.45, 2.75) is 45.1 Å². The molecule has 0 saturated heterocycles. The number of carbonyl (C=O) groups excluding carboxylic acids is 1. The Hall–Kier alpha value is -0.870. The van der Waals surface area contributed by atoms with Crippen LogP contribution in [0.4, 0.5) is 0 Å². The number of thiophene rings is 1. The minimum Gasteiger partial charge on any atom is -0.351 e. The Balaban J connectivity index is 1.95. The second kappa shape index (κ2) is 6.34.